The first kappa shape index (κ1) is 27.4. The van der Waals surface area contributed by atoms with Crippen LogP contribution >= 0.6 is 0 Å². The summed E-state index contributed by atoms with van der Waals surface area (Å²) in [6, 6.07) is 4.70. The summed E-state index contributed by atoms with van der Waals surface area (Å²) in [7, 11) is 0. The third-order valence-electron chi connectivity index (χ3n) is 4.41. The van der Waals surface area contributed by atoms with Gasteiger partial charge in [-0.3, -0.25) is 14.4 Å². The number of ether oxygens (including phenoxy) is 2. The number of carbonyl (C=O) groups excluding carboxylic acids is 3. The number of hydrogen-bond donors (Lipinski definition) is 4. The number of anilines is 1. The van der Waals surface area contributed by atoms with Crippen LogP contribution in [0.3, 0.4) is 0 Å². The number of amides is 2. The number of esters is 1. The molecule has 1 aromatic rings. The van der Waals surface area contributed by atoms with Gasteiger partial charge >= 0.3 is 5.97 Å². The number of aliphatic hydroxyl groups excluding tert-OH is 1. The van der Waals surface area contributed by atoms with Gasteiger partial charge in [0.15, 0.2) is 0 Å². The monoisotopic (exact) mass is 451 g/mol. The van der Waals surface area contributed by atoms with Gasteiger partial charge in [-0.05, 0) is 23.6 Å². The number of rotatable bonds is 13. The Balaban J connectivity index is 2.78. The molecule has 0 fully saturated rings. The Morgan fingerprint density at radius 1 is 1.06 bits per heavy atom. The van der Waals surface area contributed by atoms with Crippen LogP contribution in [0.2, 0.25) is 0 Å². The molecule has 180 valence electrons. The molecule has 2 amide bonds. The fourth-order valence-electron chi connectivity index (χ4n) is 2.76. The topological polar surface area (TPSA) is 126 Å². The van der Waals surface area contributed by atoms with Crippen molar-refractivity contribution in [1.82, 2.24) is 10.6 Å². The maximum Gasteiger partial charge on any atom is 0.308 e. The minimum Gasteiger partial charge on any atom is -0.489 e. The molecule has 0 spiro atoms. The van der Waals surface area contributed by atoms with E-state index < -0.39 is 11.9 Å². The summed E-state index contributed by atoms with van der Waals surface area (Å²) in [5.41, 5.74) is 1.06. The molecular formula is C23H37N3O6. The van der Waals surface area contributed by atoms with E-state index in [1.807, 2.05) is 27.7 Å². The first-order chi connectivity index (χ1) is 15.0. The van der Waals surface area contributed by atoms with Crippen molar-refractivity contribution in [3.8, 4) is 5.75 Å². The summed E-state index contributed by atoms with van der Waals surface area (Å²) in [5, 5.41) is 17.6. The highest BCUT2D eigenvalue weighted by atomic mass is 16.5. The SMILES string of the molecule is CC(C)NC(C(=O)NCC(=O)Nc1ccc(COC(=O)C(C)C)cc1OCCO)C(C)C. The van der Waals surface area contributed by atoms with Crippen LogP contribution in [-0.2, 0) is 25.7 Å². The molecule has 32 heavy (non-hydrogen) atoms. The summed E-state index contributed by atoms with van der Waals surface area (Å²) >= 11 is 0. The number of nitrogens with one attached hydrogen (secondary N) is 3. The first-order valence-electron chi connectivity index (χ1n) is 10.9. The Morgan fingerprint density at radius 2 is 1.75 bits per heavy atom. The highest BCUT2D eigenvalue weighted by molar-refractivity contribution is 5.96. The van der Waals surface area contributed by atoms with Crippen LogP contribution < -0.4 is 20.7 Å². The zero-order chi connectivity index (χ0) is 24.3. The average molecular weight is 452 g/mol. The molecule has 0 radical (unpaired) electrons. The lowest BCUT2D eigenvalue weighted by atomic mass is 10.0. The van der Waals surface area contributed by atoms with Gasteiger partial charge in [0.25, 0.3) is 0 Å². The Kier molecular flexibility index (Phi) is 11.7. The number of hydrogen-bond acceptors (Lipinski definition) is 7. The maximum atomic E-state index is 12.5. The van der Waals surface area contributed by atoms with Crippen LogP contribution in [0, 0.1) is 11.8 Å². The van der Waals surface area contributed by atoms with Crippen molar-refractivity contribution in [2.24, 2.45) is 11.8 Å². The van der Waals surface area contributed by atoms with Crippen molar-refractivity contribution < 1.29 is 29.0 Å². The highest BCUT2D eigenvalue weighted by Crippen LogP contribution is 2.26. The lowest BCUT2D eigenvalue weighted by molar-refractivity contribution is -0.148. The molecule has 0 aliphatic heterocycles. The molecule has 9 nitrogen and oxygen atoms in total. The van der Waals surface area contributed by atoms with Gasteiger partial charge in [0.05, 0.1) is 30.8 Å². The van der Waals surface area contributed by atoms with E-state index in [4.69, 9.17) is 14.6 Å². The van der Waals surface area contributed by atoms with Crippen LogP contribution in [-0.4, -0.2) is 54.7 Å². The van der Waals surface area contributed by atoms with Crippen LogP contribution in [0.25, 0.3) is 0 Å². The highest BCUT2D eigenvalue weighted by Gasteiger charge is 2.23. The standard InChI is InChI=1S/C23H37N3O6/c1-14(2)21(25-16(5)6)22(29)24-12-20(28)26-18-8-7-17(11-19(18)31-10-9-27)13-32-23(30)15(3)4/h7-8,11,14-16,21,25,27H,9-10,12-13H2,1-6H3,(H,24,29)(H,26,28). The minimum atomic E-state index is -0.418. The van der Waals surface area contributed by atoms with Crippen LogP contribution in [0.5, 0.6) is 5.75 Å². The largest absolute Gasteiger partial charge is 0.489 e. The van der Waals surface area contributed by atoms with Gasteiger partial charge in [-0.25, -0.2) is 0 Å². The van der Waals surface area contributed by atoms with Crippen molar-refractivity contribution in [2.75, 3.05) is 25.1 Å². The molecular weight excluding hydrogens is 414 g/mol. The van der Waals surface area contributed by atoms with E-state index in [-0.39, 0.29) is 56.1 Å². The summed E-state index contributed by atoms with van der Waals surface area (Å²) in [5.74, 6) is -0.821. The third kappa shape index (κ3) is 9.65. The van der Waals surface area contributed by atoms with Crippen LogP contribution in [0.1, 0.15) is 47.1 Å². The smallest absolute Gasteiger partial charge is 0.308 e. The predicted octanol–water partition coefficient (Wildman–Crippen LogP) is 1.83. The molecule has 0 saturated carbocycles. The average Bonchev–Trinajstić information content (AvgIpc) is 2.73. The molecule has 1 atom stereocenters. The van der Waals surface area contributed by atoms with Crippen molar-refractivity contribution in [1.29, 1.82) is 0 Å². The second-order valence-electron chi connectivity index (χ2n) is 8.47. The quantitative estimate of drug-likeness (QED) is 0.337. The molecule has 0 heterocycles. The second-order valence-corrected chi connectivity index (χ2v) is 8.47. The van der Waals surface area contributed by atoms with E-state index in [0.717, 1.165) is 0 Å². The molecule has 0 bridgehead atoms. The fraction of sp³-hybridized carbons (Fsp3) is 0.609. The normalized spacial score (nSPS) is 12.1. The molecule has 0 saturated heterocycles. The van der Waals surface area contributed by atoms with E-state index in [1.165, 1.54) is 0 Å². The second kappa shape index (κ2) is 13.7. The third-order valence-corrected chi connectivity index (χ3v) is 4.41. The van der Waals surface area contributed by atoms with Crippen molar-refractivity contribution in [2.45, 2.75) is 60.2 Å². The minimum absolute atomic E-state index is 0.0335. The van der Waals surface area contributed by atoms with Gasteiger partial charge in [0.2, 0.25) is 11.8 Å². The Labute approximate surface area is 190 Å². The molecule has 1 rings (SSSR count). The lowest BCUT2D eigenvalue weighted by Crippen LogP contribution is -2.51. The molecule has 0 aliphatic rings. The summed E-state index contributed by atoms with van der Waals surface area (Å²) in [6.45, 7) is 11.0. The summed E-state index contributed by atoms with van der Waals surface area (Å²) in [6.07, 6.45) is 0. The summed E-state index contributed by atoms with van der Waals surface area (Å²) in [4.78, 5) is 36.5. The number of benzene rings is 1. The lowest BCUT2D eigenvalue weighted by Gasteiger charge is -2.23. The van der Waals surface area contributed by atoms with Gasteiger partial charge in [0, 0.05) is 6.04 Å². The van der Waals surface area contributed by atoms with Gasteiger partial charge in [-0.15, -0.1) is 0 Å². The molecule has 0 aromatic heterocycles. The van der Waals surface area contributed by atoms with E-state index in [9.17, 15) is 14.4 Å². The molecule has 0 aliphatic carbocycles. The van der Waals surface area contributed by atoms with Gasteiger partial charge in [-0.2, -0.15) is 0 Å². The molecule has 4 N–H and O–H groups in total. The number of aliphatic hydroxyl groups is 1. The molecule has 1 aromatic carbocycles. The van der Waals surface area contributed by atoms with E-state index in [0.29, 0.717) is 17.0 Å². The Hall–Kier alpha value is -2.65. The Bertz CT molecular complexity index is 764. The van der Waals surface area contributed by atoms with Crippen molar-refractivity contribution in [3.05, 3.63) is 23.8 Å². The maximum absolute atomic E-state index is 12.5. The zero-order valence-electron chi connectivity index (χ0n) is 19.9. The van der Waals surface area contributed by atoms with Gasteiger partial charge < -0.3 is 30.5 Å². The van der Waals surface area contributed by atoms with Crippen molar-refractivity contribution in [3.63, 3.8) is 0 Å². The van der Waals surface area contributed by atoms with E-state index in [1.54, 1.807) is 32.0 Å². The zero-order valence-corrected chi connectivity index (χ0v) is 19.9. The summed E-state index contributed by atoms with van der Waals surface area (Å²) < 4.78 is 10.7. The Morgan fingerprint density at radius 3 is 2.31 bits per heavy atom. The van der Waals surface area contributed by atoms with Crippen molar-refractivity contribution >= 4 is 23.5 Å². The van der Waals surface area contributed by atoms with Gasteiger partial charge in [0.1, 0.15) is 19.0 Å². The van der Waals surface area contributed by atoms with Gasteiger partial charge in [-0.1, -0.05) is 47.6 Å². The molecule has 9 heteroatoms. The van der Waals surface area contributed by atoms with Crippen LogP contribution in [0.4, 0.5) is 5.69 Å². The predicted molar refractivity (Wildman–Crippen MR) is 122 cm³/mol. The van der Waals surface area contributed by atoms with E-state index in [2.05, 4.69) is 16.0 Å². The van der Waals surface area contributed by atoms with E-state index >= 15 is 0 Å². The number of carbonyl (C=O) groups is 3. The fourth-order valence-corrected chi connectivity index (χ4v) is 2.76. The molecule has 1 unspecified atom stereocenters. The van der Waals surface area contributed by atoms with Crippen LogP contribution in [0.15, 0.2) is 18.2 Å². The first-order valence-corrected chi connectivity index (χ1v) is 10.9.